The molecule has 118 valence electrons. The van der Waals surface area contributed by atoms with Crippen LogP contribution in [0.5, 0.6) is 0 Å². The number of fused-ring (bicyclic) bond motifs is 1. The molecule has 1 fully saturated rings. The minimum Gasteiger partial charge on any atom is -0.394 e. The molecule has 2 aromatic heterocycles. The predicted molar refractivity (Wildman–Crippen MR) is 75.9 cm³/mol. The number of nitrogens with two attached hydrogens (primary N) is 1. The van der Waals surface area contributed by atoms with E-state index >= 15 is 0 Å². The molecule has 1 aliphatic heterocycles. The Morgan fingerprint density at radius 2 is 2.18 bits per heavy atom. The number of hydrogen-bond donors (Lipinski definition) is 4. The molecule has 0 radical (unpaired) electrons. The van der Waals surface area contributed by atoms with Crippen LogP contribution in [-0.2, 0) is 10.3 Å². The summed E-state index contributed by atoms with van der Waals surface area (Å²) in [6.07, 6.45) is -2.78. The Hall–Kier alpha value is -1.96. The van der Waals surface area contributed by atoms with E-state index < -0.39 is 30.5 Å². The minimum atomic E-state index is -1.85. The first kappa shape index (κ1) is 16.4. The van der Waals surface area contributed by atoms with Crippen LogP contribution < -0.4 is 5.73 Å². The highest BCUT2D eigenvalue weighted by atomic mass is 35.5. The van der Waals surface area contributed by atoms with Crippen molar-refractivity contribution in [1.29, 1.82) is 5.26 Å². The van der Waals surface area contributed by atoms with Gasteiger partial charge in [-0.3, -0.25) is 0 Å². The lowest BCUT2D eigenvalue weighted by molar-refractivity contribution is -0.0643. The Morgan fingerprint density at radius 3 is 2.77 bits per heavy atom. The second kappa shape index (κ2) is 5.68. The van der Waals surface area contributed by atoms with Gasteiger partial charge in [-0.2, -0.15) is 10.4 Å². The summed E-state index contributed by atoms with van der Waals surface area (Å²) in [5.41, 5.74) is 4.52. The number of halogens is 1. The number of ether oxygens (including phenoxy) is 1. The summed E-state index contributed by atoms with van der Waals surface area (Å²) in [5.74, 6) is 0.205. The lowest BCUT2D eigenvalue weighted by Crippen LogP contribution is -2.40. The first-order valence-corrected chi connectivity index (χ1v) is 6.20. The third-order valence-electron chi connectivity index (χ3n) is 3.67. The molecule has 0 bridgehead atoms. The summed E-state index contributed by atoms with van der Waals surface area (Å²) >= 11 is 0. The van der Waals surface area contributed by atoms with Gasteiger partial charge in [0.2, 0.25) is 5.60 Å². The van der Waals surface area contributed by atoms with Crippen LogP contribution in [0.3, 0.4) is 0 Å². The summed E-state index contributed by atoms with van der Waals surface area (Å²) in [5, 5.41) is 42.8. The quantitative estimate of drug-likeness (QED) is 0.524. The number of nitrogen functional groups attached to an aromatic ring is 1. The molecule has 0 amide bonds. The van der Waals surface area contributed by atoms with Crippen LogP contribution in [-0.4, -0.2) is 54.8 Å². The lowest BCUT2D eigenvalue weighted by atomic mass is 9.92. The van der Waals surface area contributed by atoms with Gasteiger partial charge in [-0.25, -0.2) is 9.50 Å². The van der Waals surface area contributed by atoms with Gasteiger partial charge in [0.15, 0.2) is 5.82 Å². The van der Waals surface area contributed by atoms with Gasteiger partial charge < -0.3 is 25.8 Å². The number of hydrogen-bond acceptors (Lipinski definition) is 8. The van der Waals surface area contributed by atoms with Crippen LogP contribution in [0.25, 0.3) is 5.52 Å². The Balaban J connectivity index is 0.00000176. The second-order valence-corrected chi connectivity index (χ2v) is 4.78. The molecule has 0 spiro atoms. The SMILES string of the molecule is Cl.N#C[C@@]1(c2ccc3c(N)ncnn23)O[C@H](CO)[C@@H](O)[C@H]1O. The highest BCUT2D eigenvalue weighted by Crippen LogP contribution is 2.40. The summed E-state index contributed by atoms with van der Waals surface area (Å²) in [7, 11) is 0. The smallest absolute Gasteiger partial charge is 0.225 e. The summed E-state index contributed by atoms with van der Waals surface area (Å²) in [6.45, 7) is -0.526. The summed E-state index contributed by atoms with van der Waals surface area (Å²) in [6, 6.07) is 4.97. The van der Waals surface area contributed by atoms with Crippen molar-refractivity contribution >= 4 is 23.7 Å². The van der Waals surface area contributed by atoms with E-state index in [0.717, 1.165) is 0 Å². The molecule has 3 rings (SSSR count). The van der Waals surface area contributed by atoms with Gasteiger partial charge in [0, 0.05) is 0 Å². The van der Waals surface area contributed by atoms with Crippen LogP contribution in [0.2, 0.25) is 0 Å². The average molecular weight is 328 g/mol. The van der Waals surface area contributed by atoms with Crippen molar-refractivity contribution in [2.45, 2.75) is 23.9 Å². The van der Waals surface area contributed by atoms with Crippen molar-refractivity contribution in [2.75, 3.05) is 12.3 Å². The fourth-order valence-electron chi connectivity index (χ4n) is 2.56. The maximum Gasteiger partial charge on any atom is 0.225 e. The molecule has 5 N–H and O–H groups in total. The zero-order chi connectivity index (χ0) is 15.2. The topological polar surface area (TPSA) is 150 Å². The molecule has 1 aliphatic rings. The normalized spacial score (nSPS) is 30.9. The molecule has 0 aromatic carbocycles. The fourth-order valence-corrected chi connectivity index (χ4v) is 2.56. The molecule has 0 aliphatic carbocycles. The number of aliphatic hydroxyl groups is 3. The van der Waals surface area contributed by atoms with Gasteiger partial charge in [0.25, 0.3) is 0 Å². The van der Waals surface area contributed by atoms with Crippen molar-refractivity contribution in [3.05, 3.63) is 24.2 Å². The van der Waals surface area contributed by atoms with Gasteiger partial charge in [-0.15, -0.1) is 12.4 Å². The molecule has 0 unspecified atom stereocenters. The summed E-state index contributed by atoms with van der Waals surface area (Å²) < 4.78 is 6.75. The molecule has 22 heavy (non-hydrogen) atoms. The van der Waals surface area contributed by atoms with E-state index in [1.165, 1.54) is 16.9 Å². The van der Waals surface area contributed by atoms with Crippen molar-refractivity contribution in [1.82, 2.24) is 14.6 Å². The first-order chi connectivity index (χ1) is 10.0. The van der Waals surface area contributed by atoms with Gasteiger partial charge >= 0.3 is 0 Å². The van der Waals surface area contributed by atoms with E-state index in [0.29, 0.717) is 5.52 Å². The minimum absolute atomic E-state index is 0. The molecule has 10 heteroatoms. The van der Waals surface area contributed by atoms with Gasteiger partial charge in [-0.1, -0.05) is 0 Å². The molecule has 9 nitrogen and oxygen atoms in total. The highest BCUT2D eigenvalue weighted by Gasteiger charge is 2.57. The Morgan fingerprint density at radius 1 is 1.45 bits per heavy atom. The van der Waals surface area contributed by atoms with E-state index in [1.807, 2.05) is 6.07 Å². The molecule has 1 saturated heterocycles. The number of nitriles is 1. The molecular formula is C12H14ClN5O4. The monoisotopic (exact) mass is 327 g/mol. The molecular weight excluding hydrogens is 314 g/mol. The third-order valence-corrected chi connectivity index (χ3v) is 3.67. The van der Waals surface area contributed by atoms with E-state index in [4.69, 9.17) is 10.5 Å². The van der Waals surface area contributed by atoms with Crippen LogP contribution in [0.4, 0.5) is 5.82 Å². The predicted octanol–water partition coefficient (Wildman–Crippen LogP) is -1.43. The number of nitrogens with zero attached hydrogens (tertiary/aromatic N) is 4. The Bertz CT molecular complexity index is 732. The lowest BCUT2D eigenvalue weighted by Gasteiger charge is -2.24. The van der Waals surface area contributed by atoms with Crippen molar-refractivity contribution < 1.29 is 20.1 Å². The van der Waals surface area contributed by atoms with Crippen molar-refractivity contribution in [3.63, 3.8) is 0 Å². The van der Waals surface area contributed by atoms with E-state index in [2.05, 4.69) is 10.1 Å². The second-order valence-electron chi connectivity index (χ2n) is 4.78. The number of rotatable bonds is 2. The van der Waals surface area contributed by atoms with Gasteiger partial charge in [0.05, 0.1) is 12.3 Å². The van der Waals surface area contributed by atoms with E-state index in [-0.39, 0.29) is 23.9 Å². The molecule has 3 heterocycles. The number of aromatic nitrogens is 3. The number of aliphatic hydroxyl groups excluding tert-OH is 3. The van der Waals surface area contributed by atoms with Crippen LogP contribution >= 0.6 is 12.4 Å². The van der Waals surface area contributed by atoms with Crippen LogP contribution in [0, 0.1) is 11.3 Å². The Labute approximate surface area is 131 Å². The molecule has 0 saturated carbocycles. The van der Waals surface area contributed by atoms with Crippen molar-refractivity contribution in [2.24, 2.45) is 0 Å². The van der Waals surface area contributed by atoms with Gasteiger partial charge in [0.1, 0.15) is 36.2 Å². The highest BCUT2D eigenvalue weighted by molar-refractivity contribution is 5.85. The molecule has 4 atom stereocenters. The first-order valence-electron chi connectivity index (χ1n) is 6.20. The summed E-state index contributed by atoms with van der Waals surface area (Å²) in [4.78, 5) is 3.83. The standard InChI is InChI=1S/C12H13N5O4.ClH/c13-4-12(10(20)9(19)7(3-18)21-12)8-2-1-6-11(14)15-5-16-17(6)8;/h1-2,5,7,9-10,18-20H,3H2,(H2,14,15,16);1H/t7-,9-,10-,12+;/m1./s1. The molecule has 2 aromatic rings. The maximum atomic E-state index is 10.2. The Kier molecular flexibility index (Phi) is 4.23. The van der Waals surface area contributed by atoms with E-state index in [9.17, 15) is 20.6 Å². The fraction of sp³-hybridized carbons (Fsp3) is 0.417. The van der Waals surface area contributed by atoms with Crippen LogP contribution in [0.1, 0.15) is 5.69 Å². The third kappa shape index (κ3) is 2.01. The van der Waals surface area contributed by atoms with Crippen molar-refractivity contribution in [3.8, 4) is 6.07 Å². The zero-order valence-electron chi connectivity index (χ0n) is 11.2. The number of anilines is 1. The largest absolute Gasteiger partial charge is 0.394 e. The maximum absolute atomic E-state index is 10.2. The van der Waals surface area contributed by atoms with Crippen LogP contribution in [0.15, 0.2) is 18.5 Å². The van der Waals surface area contributed by atoms with E-state index in [1.54, 1.807) is 6.07 Å². The zero-order valence-corrected chi connectivity index (χ0v) is 12.0. The average Bonchev–Trinajstić information content (AvgIpc) is 3.03. The van der Waals surface area contributed by atoms with Gasteiger partial charge in [-0.05, 0) is 12.1 Å².